The molecule has 1 unspecified atom stereocenters. The highest BCUT2D eigenvalue weighted by Crippen LogP contribution is 2.65. The smallest absolute Gasteiger partial charge is 0.249 e. The number of aliphatic hydroxyl groups excluding tert-OH is 1. The van der Waals surface area contributed by atoms with Gasteiger partial charge in [0.05, 0.1) is 17.0 Å². The summed E-state index contributed by atoms with van der Waals surface area (Å²) in [5.74, 6) is -1.81. The molecule has 2 saturated heterocycles. The molecule has 0 aromatic carbocycles. The van der Waals surface area contributed by atoms with Gasteiger partial charge < -0.3 is 15.3 Å². The summed E-state index contributed by atoms with van der Waals surface area (Å²) in [4.78, 5) is 57.0. The molecule has 2 aliphatic carbocycles. The molecular formula is C37H60N2O7S. The number of hydrogen-bond acceptors (Lipinski definition) is 7. The largest absolute Gasteiger partial charge is 0.383 e. The van der Waals surface area contributed by atoms with E-state index in [0.29, 0.717) is 19.4 Å². The van der Waals surface area contributed by atoms with Crippen molar-refractivity contribution in [3.63, 3.8) is 0 Å². The maximum Gasteiger partial charge on any atom is 0.249 e. The molecule has 2 N–H and O–H groups in total. The van der Waals surface area contributed by atoms with E-state index in [2.05, 4.69) is 25.7 Å². The van der Waals surface area contributed by atoms with Gasteiger partial charge in [-0.05, 0) is 53.8 Å². The first kappa shape index (κ1) is 37.7. The number of unbranched alkanes of at least 4 members (excludes halogenated alkanes) is 1. The van der Waals surface area contributed by atoms with E-state index in [-0.39, 0.29) is 66.3 Å². The molecule has 10 heteroatoms. The van der Waals surface area contributed by atoms with Crippen molar-refractivity contribution in [2.45, 2.75) is 136 Å². The lowest BCUT2D eigenvalue weighted by atomic mass is 9.66. The van der Waals surface area contributed by atoms with E-state index in [1.165, 1.54) is 6.08 Å². The molecular weight excluding hydrogens is 616 g/mol. The van der Waals surface area contributed by atoms with Crippen LogP contribution >= 0.6 is 0 Å². The number of sulfone groups is 1. The normalized spacial score (nSPS) is 29.0. The van der Waals surface area contributed by atoms with Crippen LogP contribution in [0.2, 0.25) is 0 Å². The first-order valence-corrected chi connectivity index (χ1v) is 19.8. The predicted molar refractivity (Wildman–Crippen MR) is 183 cm³/mol. The van der Waals surface area contributed by atoms with Gasteiger partial charge in [0.25, 0.3) is 0 Å². The molecule has 7 atom stereocenters. The third kappa shape index (κ3) is 7.89. The Kier molecular flexibility index (Phi) is 11.6. The quantitative estimate of drug-likeness (QED) is 0.218. The number of nitrogens with one attached hydrogen (secondary N) is 1. The van der Waals surface area contributed by atoms with Gasteiger partial charge in [-0.3, -0.25) is 19.2 Å². The number of carbonyl (C=O) groups is 4. The summed E-state index contributed by atoms with van der Waals surface area (Å²) < 4.78 is 25.5. The van der Waals surface area contributed by atoms with Crippen LogP contribution < -0.4 is 5.32 Å². The molecule has 0 radical (unpaired) electrons. The van der Waals surface area contributed by atoms with Crippen LogP contribution in [-0.2, 0) is 29.0 Å². The summed E-state index contributed by atoms with van der Waals surface area (Å²) in [6.45, 7) is 16.4. The summed E-state index contributed by atoms with van der Waals surface area (Å²) in [5.41, 5.74) is -1.21. The molecule has 2 saturated carbocycles. The number of nitrogens with zero attached hydrogens (tertiary/aromatic N) is 1. The van der Waals surface area contributed by atoms with E-state index in [1.807, 2.05) is 27.7 Å². The number of ketones is 2. The summed E-state index contributed by atoms with van der Waals surface area (Å²) in [6.07, 6.45) is 7.47. The third-order valence-electron chi connectivity index (χ3n) is 12.3. The molecule has 0 aromatic heterocycles. The van der Waals surface area contributed by atoms with Crippen LogP contribution in [0.4, 0.5) is 0 Å². The third-order valence-corrected chi connectivity index (χ3v) is 14.7. The van der Waals surface area contributed by atoms with Gasteiger partial charge in [0, 0.05) is 44.2 Å². The molecule has 9 nitrogen and oxygen atoms in total. The van der Waals surface area contributed by atoms with Crippen LogP contribution in [-0.4, -0.2) is 78.0 Å². The minimum absolute atomic E-state index is 0.00603. The summed E-state index contributed by atoms with van der Waals surface area (Å²) in [7, 11) is -3.19. The lowest BCUT2D eigenvalue weighted by Crippen LogP contribution is -2.52. The maximum atomic E-state index is 14.5. The van der Waals surface area contributed by atoms with Crippen molar-refractivity contribution in [1.82, 2.24) is 10.2 Å². The van der Waals surface area contributed by atoms with E-state index in [0.717, 1.165) is 44.9 Å². The van der Waals surface area contributed by atoms with Crippen LogP contribution in [0, 0.1) is 39.9 Å². The number of amides is 2. The van der Waals surface area contributed by atoms with Crippen LogP contribution in [0.1, 0.15) is 119 Å². The van der Waals surface area contributed by atoms with Crippen molar-refractivity contribution in [3.05, 3.63) is 12.7 Å². The highest BCUT2D eigenvalue weighted by molar-refractivity contribution is 7.93. The Morgan fingerprint density at radius 3 is 2.28 bits per heavy atom. The molecule has 4 fully saturated rings. The minimum Gasteiger partial charge on any atom is -0.383 e. The van der Waals surface area contributed by atoms with Crippen molar-refractivity contribution in [2.24, 2.45) is 39.9 Å². The lowest BCUT2D eigenvalue weighted by Gasteiger charge is -2.47. The fraction of sp³-hybridized carbons (Fsp3) is 0.838. The molecule has 4 rings (SSSR count). The summed E-state index contributed by atoms with van der Waals surface area (Å²) >= 11 is 0. The standard InChI is InChI=1S/C37H60N2O7S/c1-8-10-14-24(32(42)33(43)38-18-9-2)20-28(41)31-30-27(36(30,6)7)23-39(31)34(44)26(35(3,4)5)21-25(40)22-37(16-12-11-13-17-37)29-15-19-47(29,45)46/h9,24,26-27,29-32,42H,2,8,10-23H2,1,3-7H3,(H,38,43)/t24-,26-,27+,29+,30+,31-,32?/m1/s1. The van der Waals surface area contributed by atoms with E-state index in [1.54, 1.807) is 4.90 Å². The maximum absolute atomic E-state index is 14.5. The van der Waals surface area contributed by atoms with E-state index in [4.69, 9.17) is 0 Å². The van der Waals surface area contributed by atoms with Crippen molar-refractivity contribution in [1.29, 1.82) is 0 Å². The van der Waals surface area contributed by atoms with Crippen molar-refractivity contribution in [3.8, 4) is 0 Å². The number of Topliss-reactive ketones (excluding diaryl/α,β-unsaturated/α-hetero) is 2. The lowest BCUT2D eigenvalue weighted by molar-refractivity contribution is -0.148. The van der Waals surface area contributed by atoms with Gasteiger partial charge in [-0.2, -0.15) is 0 Å². The van der Waals surface area contributed by atoms with E-state index in [9.17, 15) is 32.7 Å². The zero-order chi connectivity index (χ0) is 34.9. The SMILES string of the molecule is C=CCNC(=O)C(O)[C@H](CCCC)CC(=O)[C@@H]1[C@@H]2[C@H](CN1C(=O)[C@@H](CC(=O)CC1([C@@H]3CCS3(=O)=O)CCCCC1)C(C)(C)C)C2(C)C. The van der Waals surface area contributed by atoms with Gasteiger partial charge in [0.2, 0.25) is 11.8 Å². The molecule has 2 amide bonds. The highest BCUT2D eigenvalue weighted by atomic mass is 32.2. The number of carbonyl (C=O) groups excluding carboxylic acids is 4. The average molecular weight is 677 g/mol. The number of likely N-dealkylation sites (tertiary alicyclic amines) is 1. The molecule has 0 aromatic rings. The Balaban J connectivity index is 1.54. The van der Waals surface area contributed by atoms with Gasteiger partial charge in [-0.15, -0.1) is 6.58 Å². The number of fused-ring (bicyclic) bond motifs is 1. The number of hydrogen-bond donors (Lipinski definition) is 2. The minimum atomic E-state index is -3.19. The molecule has 47 heavy (non-hydrogen) atoms. The number of aliphatic hydroxyl groups is 1. The first-order chi connectivity index (χ1) is 21.9. The predicted octanol–water partition coefficient (Wildman–Crippen LogP) is 5.05. The Bertz CT molecular complexity index is 1310. The van der Waals surface area contributed by atoms with Crippen molar-refractivity contribution in [2.75, 3.05) is 18.8 Å². The Morgan fingerprint density at radius 2 is 1.74 bits per heavy atom. The van der Waals surface area contributed by atoms with Crippen LogP contribution in [0.25, 0.3) is 0 Å². The zero-order valence-electron chi connectivity index (χ0n) is 29.7. The highest BCUT2D eigenvalue weighted by Gasteiger charge is 2.69. The van der Waals surface area contributed by atoms with Gasteiger partial charge >= 0.3 is 0 Å². The second-order valence-electron chi connectivity index (χ2n) is 16.8. The zero-order valence-corrected chi connectivity index (χ0v) is 30.5. The number of piperidine rings is 1. The molecule has 0 spiro atoms. The summed E-state index contributed by atoms with van der Waals surface area (Å²) in [6, 6.07) is -0.667. The monoisotopic (exact) mass is 676 g/mol. The van der Waals surface area contributed by atoms with Gasteiger partial charge in [-0.25, -0.2) is 8.42 Å². The van der Waals surface area contributed by atoms with Gasteiger partial charge in [0.15, 0.2) is 15.6 Å². The summed E-state index contributed by atoms with van der Waals surface area (Å²) in [5, 5.41) is 13.1. The average Bonchev–Trinajstić information content (AvgIpc) is 3.30. The van der Waals surface area contributed by atoms with Crippen molar-refractivity contribution >= 4 is 33.2 Å². The second-order valence-corrected chi connectivity index (χ2v) is 19.1. The Morgan fingerprint density at radius 1 is 1.09 bits per heavy atom. The Labute approximate surface area is 283 Å². The molecule has 266 valence electrons. The molecule has 2 aliphatic heterocycles. The molecule has 2 heterocycles. The second kappa shape index (κ2) is 14.4. The number of rotatable bonds is 16. The van der Waals surface area contributed by atoms with Gasteiger partial charge in [-0.1, -0.05) is 79.7 Å². The van der Waals surface area contributed by atoms with Crippen LogP contribution in [0.5, 0.6) is 0 Å². The fourth-order valence-corrected chi connectivity index (χ4v) is 11.2. The van der Waals surface area contributed by atoms with Gasteiger partial charge in [0.1, 0.15) is 11.9 Å². The Hall–Kier alpha value is -2.07. The van der Waals surface area contributed by atoms with E-state index >= 15 is 0 Å². The van der Waals surface area contributed by atoms with Crippen molar-refractivity contribution < 1.29 is 32.7 Å². The first-order valence-electron chi connectivity index (χ1n) is 18.0. The molecule has 0 bridgehead atoms. The fourth-order valence-electron chi connectivity index (χ4n) is 9.23. The van der Waals surface area contributed by atoms with Crippen LogP contribution in [0.3, 0.4) is 0 Å². The molecule has 4 aliphatic rings. The van der Waals surface area contributed by atoms with E-state index < -0.39 is 55.8 Å². The van der Waals surface area contributed by atoms with Crippen LogP contribution in [0.15, 0.2) is 12.7 Å². The topological polar surface area (TPSA) is 138 Å².